The molecule has 1 saturated carbocycles. The number of carboxylic acid groups (broad SMARTS) is 1. The minimum atomic E-state index is -1.13. The van der Waals surface area contributed by atoms with E-state index < -0.39 is 5.97 Å². The van der Waals surface area contributed by atoms with Crippen LogP contribution in [-0.4, -0.2) is 47.4 Å². The number of hydrogen-bond acceptors (Lipinski definition) is 5. The first-order chi connectivity index (χ1) is 19.1. The lowest BCUT2D eigenvalue weighted by Crippen LogP contribution is -2.43. The van der Waals surface area contributed by atoms with E-state index in [1.54, 1.807) is 4.90 Å². The lowest BCUT2D eigenvalue weighted by Gasteiger charge is -2.32. The number of fused-ring (bicyclic) bond motifs is 1. The van der Waals surface area contributed by atoms with Crippen LogP contribution in [-0.2, 0) is 11.2 Å². The van der Waals surface area contributed by atoms with Crippen LogP contribution < -0.4 is 10.5 Å². The van der Waals surface area contributed by atoms with Crippen LogP contribution in [0.2, 0.25) is 0 Å². The van der Waals surface area contributed by atoms with Crippen LogP contribution in [0.1, 0.15) is 75.0 Å². The molecule has 1 aliphatic rings. The smallest absolute Gasteiger partial charge is 0.341 e. The topological polar surface area (TPSA) is 126 Å². The molecule has 1 aliphatic carbocycles. The molecule has 1 fully saturated rings. The predicted octanol–water partition coefficient (Wildman–Crippen LogP) is 5.01. The second-order valence-electron chi connectivity index (χ2n) is 11.1. The summed E-state index contributed by atoms with van der Waals surface area (Å²) >= 11 is 0. The molecule has 0 aliphatic heterocycles. The molecule has 0 atom stereocenters. The van der Waals surface area contributed by atoms with Gasteiger partial charge in [-0.25, -0.2) is 19.0 Å². The number of H-pyrrole nitrogens is 1. The fourth-order valence-electron chi connectivity index (χ4n) is 5.65. The number of carbonyl (C=O) groups excluding carboxylic acids is 1. The number of carboxylic acids is 1. The summed E-state index contributed by atoms with van der Waals surface area (Å²) in [5.74, 6) is -0.549. The molecular weight excluding hydrogens is 508 g/mol. The number of hydrogen-bond donors (Lipinski definition) is 2. The van der Waals surface area contributed by atoms with Gasteiger partial charge in [0.05, 0.1) is 11.4 Å². The standard InChI is InChI=1S/C30H36N6O4/c1-6-23-19(5)31-26-15-25(32-36(26)29(23)38)20-11-13-22(14-12-20)34-16-24(30(39)40)27(33-34)35(17(2)3)28(37)21-9-7-18(4)8-10-21/h11-18,21,32H,6-10H2,1-5H3,(H,39,40). The van der Waals surface area contributed by atoms with Crippen LogP contribution in [0, 0.1) is 18.8 Å². The number of benzene rings is 1. The third-order valence-electron chi connectivity index (χ3n) is 7.98. The summed E-state index contributed by atoms with van der Waals surface area (Å²) in [7, 11) is 0. The van der Waals surface area contributed by atoms with Gasteiger partial charge in [0.25, 0.3) is 5.56 Å². The molecule has 0 bridgehead atoms. The van der Waals surface area contributed by atoms with Crippen molar-refractivity contribution in [2.45, 2.75) is 72.8 Å². The molecule has 10 heteroatoms. The van der Waals surface area contributed by atoms with Gasteiger partial charge in [-0.1, -0.05) is 26.0 Å². The van der Waals surface area contributed by atoms with Crippen LogP contribution in [0.25, 0.3) is 22.6 Å². The Morgan fingerprint density at radius 2 is 1.82 bits per heavy atom. The molecule has 1 amide bonds. The zero-order valence-corrected chi connectivity index (χ0v) is 23.6. The van der Waals surface area contributed by atoms with Crippen molar-refractivity contribution >= 4 is 23.3 Å². The molecule has 0 radical (unpaired) electrons. The Balaban J connectivity index is 1.47. The van der Waals surface area contributed by atoms with Gasteiger partial charge < -0.3 is 5.11 Å². The average molecular weight is 545 g/mol. The Kier molecular flexibility index (Phi) is 7.35. The van der Waals surface area contributed by atoms with Crippen LogP contribution in [0.5, 0.6) is 0 Å². The Bertz CT molecular complexity index is 1620. The molecule has 5 rings (SSSR count). The Morgan fingerprint density at radius 1 is 1.15 bits per heavy atom. The maximum Gasteiger partial charge on any atom is 0.341 e. The third-order valence-corrected chi connectivity index (χ3v) is 7.98. The first-order valence-electron chi connectivity index (χ1n) is 14.0. The fraction of sp³-hybridized carbons (Fsp3) is 0.433. The highest BCUT2D eigenvalue weighted by Crippen LogP contribution is 2.33. The number of aromatic carboxylic acids is 1. The van der Waals surface area contributed by atoms with Crippen molar-refractivity contribution in [1.82, 2.24) is 24.4 Å². The molecule has 40 heavy (non-hydrogen) atoms. The van der Waals surface area contributed by atoms with Crippen molar-refractivity contribution in [3.05, 3.63) is 63.7 Å². The van der Waals surface area contributed by atoms with Gasteiger partial charge in [0, 0.05) is 35.5 Å². The fourth-order valence-corrected chi connectivity index (χ4v) is 5.65. The van der Waals surface area contributed by atoms with Crippen LogP contribution >= 0.6 is 0 Å². The number of amides is 1. The highest BCUT2D eigenvalue weighted by molar-refractivity contribution is 6.01. The van der Waals surface area contributed by atoms with E-state index in [0.29, 0.717) is 29.2 Å². The van der Waals surface area contributed by atoms with E-state index in [2.05, 4.69) is 22.1 Å². The van der Waals surface area contributed by atoms with E-state index >= 15 is 0 Å². The SMILES string of the molecule is CCc1c(C)nc2cc(-c3ccc(-n4cc(C(=O)O)c(N(C(=O)C5CCC(C)CC5)C(C)C)n4)cc3)[nH]n2c1=O. The lowest BCUT2D eigenvalue weighted by atomic mass is 9.82. The highest BCUT2D eigenvalue weighted by Gasteiger charge is 2.34. The number of carbonyl (C=O) groups is 2. The first kappa shape index (κ1) is 27.4. The highest BCUT2D eigenvalue weighted by atomic mass is 16.4. The maximum absolute atomic E-state index is 13.6. The van der Waals surface area contributed by atoms with Gasteiger partial charge in [-0.05, 0) is 76.5 Å². The number of nitrogens with one attached hydrogen (secondary N) is 1. The summed E-state index contributed by atoms with van der Waals surface area (Å²) in [5, 5.41) is 17.7. The van der Waals surface area contributed by atoms with E-state index in [-0.39, 0.29) is 34.8 Å². The molecule has 4 aromatic rings. The molecule has 0 unspecified atom stereocenters. The zero-order chi connectivity index (χ0) is 28.7. The van der Waals surface area contributed by atoms with Crippen LogP contribution in [0.15, 0.2) is 41.3 Å². The number of aromatic nitrogens is 5. The van der Waals surface area contributed by atoms with Gasteiger partial charge in [-0.2, -0.15) is 0 Å². The third kappa shape index (κ3) is 4.94. The van der Waals surface area contributed by atoms with Crippen molar-refractivity contribution < 1.29 is 14.7 Å². The lowest BCUT2D eigenvalue weighted by molar-refractivity contribution is -0.124. The molecule has 0 saturated heterocycles. The largest absolute Gasteiger partial charge is 0.477 e. The van der Waals surface area contributed by atoms with Crippen LogP contribution in [0.4, 0.5) is 5.82 Å². The van der Waals surface area contributed by atoms with Crippen molar-refractivity contribution in [2.24, 2.45) is 11.8 Å². The summed E-state index contributed by atoms with van der Waals surface area (Å²) in [6.07, 6.45) is 5.67. The van der Waals surface area contributed by atoms with Gasteiger partial charge in [-0.3, -0.25) is 19.6 Å². The number of aromatic amines is 1. The summed E-state index contributed by atoms with van der Waals surface area (Å²) < 4.78 is 2.96. The second kappa shape index (κ2) is 10.7. The van der Waals surface area contributed by atoms with Crippen molar-refractivity contribution in [2.75, 3.05) is 4.90 Å². The summed E-state index contributed by atoms with van der Waals surface area (Å²) in [6, 6.07) is 8.98. The maximum atomic E-state index is 13.6. The molecule has 3 heterocycles. The van der Waals surface area contributed by atoms with Gasteiger partial charge in [0.1, 0.15) is 5.56 Å². The molecule has 2 N–H and O–H groups in total. The number of aryl methyl sites for hydroxylation is 1. The van der Waals surface area contributed by atoms with E-state index in [0.717, 1.165) is 42.6 Å². The minimum absolute atomic E-state index is 0.0153. The first-order valence-corrected chi connectivity index (χ1v) is 14.0. The number of nitrogens with zero attached hydrogens (tertiary/aromatic N) is 5. The van der Waals surface area contributed by atoms with Crippen molar-refractivity contribution in [3.8, 4) is 16.9 Å². The monoisotopic (exact) mass is 544 g/mol. The minimum Gasteiger partial charge on any atom is -0.477 e. The Labute approximate surface area is 232 Å². The van der Waals surface area contributed by atoms with Crippen molar-refractivity contribution in [3.63, 3.8) is 0 Å². The van der Waals surface area contributed by atoms with E-state index in [1.165, 1.54) is 15.4 Å². The summed E-state index contributed by atoms with van der Waals surface area (Å²) in [5.41, 5.74) is 4.04. The number of anilines is 1. The van der Waals surface area contributed by atoms with E-state index in [1.807, 2.05) is 58.0 Å². The molecule has 10 nitrogen and oxygen atoms in total. The summed E-state index contributed by atoms with van der Waals surface area (Å²) in [4.78, 5) is 44.7. The average Bonchev–Trinajstić information content (AvgIpc) is 3.55. The van der Waals surface area contributed by atoms with E-state index in [4.69, 9.17) is 0 Å². The molecule has 3 aromatic heterocycles. The Hall–Kier alpha value is -4.21. The molecule has 210 valence electrons. The molecular formula is C30H36N6O4. The predicted molar refractivity (Wildman–Crippen MR) is 153 cm³/mol. The van der Waals surface area contributed by atoms with Gasteiger partial charge in [0.2, 0.25) is 5.91 Å². The molecule has 1 aromatic carbocycles. The van der Waals surface area contributed by atoms with Gasteiger partial charge >= 0.3 is 5.97 Å². The zero-order valence-electron chi connectivity index (χ0n) is 23.6. The van der Waals surface area contributed by atoms with Gasteiger partial charge in [0.15, 0.2) is 11.5 Å². The van der Waals surface area contributed by atoms with E-state index in [9.17, 15) is 19.5 Å². The van der Waals surface area contributed by atoms with Crippen LogP contribution in [0.3, 0.4) is 0 Å². The second-order valence-corrected chi connectivity index (χ2v) is 11.1. The normalized spacial score (nSPS) is 17.4. The molecule has 0 spiro atoms. The van der Waals surface area contributed by atoms with Crippen molar-refractivity contribution in [1.29, 1.82) is 0 Å². The summed E-state index contributed by atoms with van der Waals surface area (Å²) in [6.45, 7) is 9.75. The Morgan fingerprint density at radius 3 is 2.42 bits per heavy atom. The number of rotatable bonds is 7. The van der Waals surface area contributed by atoms with Gasteiger partial charge in [-0.15, -0.1) is 5.10 Å². The quantitative estimate of drug-likeness (QED) is 0.337.